The van der Waals surface area contributed by atoms with Crippen LogP contribution in [0.15, 0.2) is 18.7 Å². The lowest BCUT2D eigenvalue weighted by atomic mass is 10.5. The van der Waals surface area contributed by atoms with Crippen molar-refractivity contribution in [1.82, 2.24) is 15.0 Å². The molecule has 6 heteroatoms. The van der Waals surface area contributed by atoms with Crippen LogP contribution in [0.5, 0.6) is 0 Å². The van der Waals surface area contributed by atoms with E-state index in [2.05, 4.69) is 20.3 Å². The summed E-state index contributed by atoms with van der Waals surface area (Å²) < 4.78 is 0. The number of anilines is 1. The van der Waals surface area contributed by atoms with Crippen LogP contribution in [0.2, 0.25) is 5.02 Å². The van der Waals surface area contributed by atoms with Gasteiger partial charge in [-0.15, -0.1) is 11.3 Å². The summed E-state index contributed by atoms with van der Waals surface area (Å²) in [5.41, 5.74) is 0. The Kier molecular flexibility index (Phi) is 3.13. The Labute approximate surface area is 96.4 Å². The summed E-state index contributed by atoms with van der Waals surface area (Å²) in [6, 6.07) is 0. The van der Waals surface area contributed by atoms with Gasteiger partial charge >= 0.3 is 0 Å². The lowest BCUT2D eigenvalue weighted by molar-refractivity contribution is 1.06. The van der Waals surface area contributed by atoms with Gasteiger partial charge in [0.2, 0.25) is 0 Å². The molecule has 0 saturated carbocycles. The van der Waals surface area contributed by atoms with E-state index < -0.39 is 0 Å². The van der Waals surface area contributed by atoms with E-state index in [0.717, 1.165) is 5.01 Å². The fourth-order valence-electron chi connectivity index (χ4n) is 1.09. The van der Waals surface area contributed by atoms with Gasteiger partial charge in [-0.25, -0.2) is 15.0 Å². The van der Waals surface area contributed by atoms with Gasteiger partial charge in [0.05, 0.1) is 12.7 Å². The van der Waals surface area contributed by atoms with E-state index in [0.29, 0.717) is 17.4 Å². The average molecular weight is 241 g/mol. The summed E-state index contributed by atoms with van der Waals surface area (Å²) in [4.78, 5) is 13.3. The number of thiazole rings is 1. The molecule has 0 aromatic carbocycles. The Morgan fingerprint density at radius 1 is 1.40 bits per heavy atom. The average Bonchev–Trinajstić information content (AvgIpc) is 2.63. The molecule has 4 nitrogen and oxygen atoms in total. The van der Waals surface area contributed by atoms with E-state index in [9.17, 15) is 0 Å². The van der Waals surface area contributed by atoms with Gasteiger partial charge in [-0.1, -0.05) is 11.6 Å². The molecular formula is C9H9ClN4S. The highest BCUT2D eigenvalue weighted by atomic mass is 35.5. The minimum atomic E-state index is 0.519. The van der Waals surface area contributed by atoms with E-state index in [-0.39, 0.29) is 0 Å². The lowest BCUT2D eigenvalue weighted by Crippen LogP contribution is -2.01. The van der Waals surface area contributed by atoms with Crippen LogP contribution in [0.1, 0.15) is 9.88 Å². The second-order valence-electron chi connectivity index (χ2n) is 2.94. The molecular weight excluding hydrogens is 232 g/mol. The highest BCUT2D eigenvalue weighted by Crippen LogP contribution is 2.18. The van der Waals surface area contributed by atoms with Crippen molar-refractivity contribution in [2.45, 2.75) is 13.5 Å². The van der Waals surface area contributed by atoms with E-state index in [1.807, 2.05) is 13.1 Å². The molecule has 0 aliphatic rings. The summed E-state index contributed by atoms with van der Waals surface area (Å²) in [5.74, 6) is 0.638. The van der Waals surface area contributed by atoms with Crippen LogP contribution in [-0.4, -0.2) is 15.0 Å². The molecule has 2 aromatic heterocycles. The normalized spacial score (nSPS) is 10.3. The molecule has 2 aromatic rings. The molecule has 2 rings (SSSR count). The minimum Gasteiger partial charge on any atom is -0.362 e. The third-order valence-electron chi connectivity index (χ3n) is 1.74. The van der Waals surface area contributed by atoms with Crippen LogP contribution in [0, 0.1) is 6.92 Å². The highest BCUT2D eigenvalue weighted by molar-refractivity contribution is 7.11. The quantitative estimate of drug-likeness (QED) is 0.896. The molecule has 0 aliphatic carbocycles. The summed E-state index contributed by atoms with van der Waals surface area (Å²) in [6.07, 6.45) is 4.87. The molecule has 0 unspecified atom stereocenters. The molecule has 78 valence electrons. The Morgan fingerprint density at radius 3 is 2.93 bits per heavy atom. The first-order chi connectivity index (χ1) is 7.25. The number of aromatic nitrogens is 3. The Balaban J connectivity index is 2.02. The Hall–Kier alpha value is -1.20. The maximum Gasteiger partial charge on any atom is 0.148 e. The van der Waals surface area contributed by atoms with Crippen LogP contribution in [0.25, 0.3) is 0 Å². The van der Waals surface area contributed by atoms with Gasteiger partial charge in [-0.2, -0.15) is 0 Å². The van der Waals surface area contributed by atoms with Crippen molar-refractivity contribution < 1.29 is 0 Å². The number of nitrogens with one attached hydrogen (secondary N) is 1. The molecule has 0 fully saturated rings. The predicted molar refractivity (Wildman–Crippen MR) is 61.2 cm³/mol. The van der Waals surface area contributed by atoms with Gasteiger partial charge in [0.1, 0.15) is 22.2 Å². The van der Waals surface area contributed by atoms with Gasteiger partial charge in [0.25, 0.3) is 0 Å². The molecule has 15 heavy (non-hydrogen) atoms. The second kappa shape index (κ2) is 4.55. The monoisotopic (exact) mass is 240 g/mol. The van der Waals surface area contributed by atoms with Gasteiger partial charge in [-0.3, -0.25) is 0 Å². The smallest absolute Gasteiger partial charge is 0.148 e. The van der Waals surface area contributed by atoms with Gasteiger partial charge in [0, 0.05) is 11.1 Å². The fraction of sp³-hybridized carbons (Fsp3) is 0.222. The van der Waals surface area contributed by atoms with Crippen LogP contribution in [-0.2, 0) is 6.54 Å². The zero-order valence-electron chi connectivity index (χ0n) is 8.07. The van der Waals surface area contributed by atoms with Crippen LogP contribution in [0.4, 0.5) is 5.82 Å². The van der Waals surface area contributed by atoms with Crippen molar-refractivity contribution in [2.24, 2.45) is 0 Å². The standard InChI is InChI=1S/C9H9ClN4S/c1-6-2-12-8(15-6)4-13-9-7(10)3-11-5-14-9/h2-3,5H,4H2,1H3,(H,11,13,14). The van der Waals surface area contributed by atoms with Crippen molar-refractivity contribution in [1.29, 1.82) is 0 Å². The maximum absolute atomic E-state index is 5.89. The van der Waals surface area contributed by atoms with Crippen LogP contribution >= 0.6 is 22.9 Å². The zero-order valence-corrected chi connectivity index (χ0v) is 9.64. The van der Waals surface area contributed by atoms with E-state index in [1.54, 1.807) is 17.5 Å². The van der Waals surface area contributed by atoms with Crippen LogP contribution < -0.4 is 5.32 Å². The summed E-state index contributed by atoms with van der Waals surface area (Å²) in [5, 5.41) is 4.64. The minimum absolute atomic E-state index is 0.519. The van der Waals surface area contributed by atoms with Gasteiger partial charge in [-0.05, 0) is 6.92 Å². The fourth-order valence-corrected chi connectivity index (χ4v) is 1.98. The topological polar surface area (TPSA) is 50.7 Å². The molecule has 0 amide bonds. The number of rotatable bonds is 3. The van der Waals surface area contributed by atoms with Crippen LogP contribution in [0.3, 0.4) is 0 Å². The van der Waals surface area contributed by atoms with Crippen molar-refractivity contribution in [3.8, 4) is 0 Å². The van der Waals surface area contributed by atoms with E-state index in [4.69, 9.17) is 11.6 Å². The summed E-state index contributed by atoms with van der Waals surface area (Å²) >= 11 is 7.54. The maximum atomic E-state index is 5.89. The van der Waals surface area contributed by atoms with E-state index in [1.165, 1.54) is 11.2 Å². The van der Waals surface area contributed by atoms with Crippen molar-refractivity contribution in [3.05, 3.63) is 33.6 Å². The number of halogens is 1. The number of hydrogen-bond acceptors (Lipinski definition) is 5. The summed E-state index contributed by atoms with van der Waals surface area (Å²) in [6.45, 7) is 2.66. The van der Waals surface area contributed by atoms with Crippen molar-refractivity contribution in [3.63, 3.8) is 0 Å². The third kappa shape index (κ3) is 2.64. The zero-order chi connectivity index (χ0) is 10.7. The van der Waals surface area contributed by atoms with Gasteiger partial charge in [0.15, 0.2) is 0 Å². The number of nitrogens with zero attached hydrogens (tertiary/aromatic N) is 3. The summed E-state index contributed by atoms with van der Waals surface area (Å²) in [7, 11) is 0. The predicted octanol–water partition coefficient (Wildman–Crippen LogP) is 2.51. The molecule has 0 atom stereocenters. The van der Waals surface area contributed by atoms with Gasteiger partial charge < -0.3 is 5.32 Å². The first kappa shape index (κ1) is 10.3. The van der Waals surface area contributed by atoms with E-state index >= 15 is 0 Å². The lowest BCUT2D eigenvalue weighted by Gasteiger charge is -2.03. The molecule has 0 aliphatic heterocycles. The Morgan fingerprint density at radius 2 is 2.27 bits per heavy atom. The van der Waals surface area contributed by atoms with Crippen molar-refractivity contribution >= 4 is 28.8 Å². The molecule has 1 N–H and O–H groups in total. The van der Waals surface area contributed by atoms with Crippen molar-refractivity contribution in [2.75, 3.05) is 5.32 Å². The molecule has 2 heterocycles. The first-order valence-electron chi connectivity index (χ1n) is 4.36. The molecule has 0 bridgehead atoms. The second-order valence-corrected chi connectivity index (χ2v) is 4.66. The molecule has 0 saturated heterocycles. The number of hydrogen-bond donors (Lipinski definition) is 1. The largest absolute Gasteiger partial charge is 0.362 e. The first-order valence-corrected chi connectivity index (χ1v) is 5.56. The molecule has 0 radical (unpaired) electrons. The SMILES string of the molecule is Cc1cnc(CNc2ncncc2Cl)s1. The highest BCUT2D eigenvalue weighted by Gasteiger charge is 2.02. The molecule has 0 spiro atoms. The number of aryl methyl sites for hydroxylation is 1. The Bertz CT molecular complexity index is 457. The third-order valence-corrected chi connectivity index (χ3v) is 2.93.